The van der Waals surface area contributed by atoms with E-state index in [9.17, 15) is 9.59 Å². The molecule has 0 spiro atoms. The first-order chi connectivity index (χ1) is 6.91. The van der Waals surface area contributed by atoms with E-state index in [1.165, 1.54) is 18.2 Å². The number of hydrogen-bond donors (Lipinski definition) is 2. The second-order valence-corrected chi connectivity index (χ2v) is 5.07. The number of rotatable bonds is 2. The first kappa shape index (κ1) is 11.8. The molecule has 5 heteroatoms. The number of allylic oxidation sites excluding steroid dienone is 2. The van der Waals surface area contributed by atoms with E-state index >= 15 is 0 Å². The summed E-state index contributed by atoms with van der Waals surface area (Å²) in [6.07, 6.45) is 5.88. The molecule has 0 fully saturated rings. The Labute approximate surface area is 95.0 Å². The predicted octanol–water partition coefficient (Wildman–Crippen LogP) is 0.390. The highest BCUT2D eigenvalue weighted by atomic mass is 27.0. The smallest absolute Gasteiger partial charge is 0.335 e. The lowest BCUT2D eigenvalue weighted by molar-refractivity contribution is -0.138. The SMILES string of the molecule is CC=C1C=C(C(=O)O)C=C[C]1([AlH2])C(=O)O. The summed E-state index contributed by atoms with van der Waals surface area (Å²) in [6, 6.07) is 0. The van der Waals surface area contributed by atoms with E-state index in [1.54, 1.807) is 13.0 Å². The lowest BCUT2D eigenvalue weighted by Crippen LogP contribution is -2.26. The monoisotopic (exact) mass is 222 g/mol. The van der Waals surface area contributed by atoms with Gasteiger partial charge in [0.25, 0.3) is 16.3 Å². The highest BCUT2D eigenvalue weighted by molar-refractivity contribution is 6.31. The molecule has 15 heavy (non-hydrogen) atoms. The average Bonchev–Trinajstić information content (AvgIpc) is 2.17. The Bertz CT molecular complexity index is 406. The summed E-state index contributed by atoms with van der Waals surface area (Å²) >= 11 is 0.402. The maximum Gasteiger partial charge on any atom is 0.335 e. The van der Waals surface area contributed by atoms with E-state index in [0.29, 0.717) is 21.9 Å². The van der Waals surface area contributed by atoms with Crippen LogP contribution in [0.25, 0.3) is 0 Å². The van der Waals surface area contributed by atoms with Crippen LogP contribution in [0.4, 0.5) is 0 Å². The molecule has 78 valence electrons. The van der Waals surface area contributed by atoms with Gasteiger partial charge in [0.15, 0.2) is 0 Å². The van der Waals surface area contributed by atoms with Crippen molar-refractivity contribution >= 4 is 28.2 Å². The van der Waals surface area contributed by atoms with Gasteiger partial charge >= 0.3 is 11.9 Å². The van der Waals surface area contributed by atoms with E-state index in [4.69, 9.17) is 10.2 Å². The van der Waals surface area contributed by atoms with Crippen molar-refractivity contribution in [3.05, 3.63) is 35.5 Å². The van der Waals surface area contributed by atoms with Crippen LogP contribution in [0.1, 0.15) is 6.92 Å². The highest BCUT2D eigenvalue weighted by Gasteiger charge is 2.35. The lowest BCUT2D eigenvalue weighted by atomic mass is 9.89. The molecule has 0 aromatic carbocycles. The van der Waals surface area contributed by atoms with Gasteiger partial charge in [-0.25, -0.2) is 4.79 Å². The second-order valence-electron chi connectivity index (χ2n) is 3.49. The standard InChI is InChI=1S/C10H9O4.Al.2H/c1-2-6-5-7(9(11)12)3-4-8(6)10(13)14;;;/h2-5H,1H3,(H,11,12)(H,13,14);;;. The van der Waals surface area contributed by atoms with Crippen molar-refractivity contribution in [1.82, 2.24) is 0 Å². The van der Waals surface area contributed by atoms with Crippen LogP contribution < -0.4 is 0 Å². The summed E-state index contributed by atoms with van der Waals surface area (Å²) in [5.41, 5.74) is 0.664. The van der Waals surface area contributed by atoms with Gasteiger partial charge in [-0.1, -0.05) is 18.2 Å². The van der Waals surface area contributed by atoms with Gasteiger partial charge in [0.05, 0.1) is 9.85 Å². The van der Waals surface area contributed by atoms with Crippen LogP contribution in [-0.2, 0) is 9.59 Å². The molecular weight excluding hydrogens is 211 g/mol. The molecule has 1 unspecified atom stereocenters. The predicted molar refractivity (Wildman–Crippen MR) is 57.5 cm³/mol. The van der Waals surface area contributed by atoms with E-state index in [1.807, 2.05) is 0 Å². The zero-order valence-electron chi connectivity index (χ0n) is 8.52. The Hall–Kier alpha value is -1.31. The van der Waals surface area contributed by atoms with Crippen LogP contribution >= 0.6 is 0 Å². The Kier molecular flexibility index (Phi) is 3.18. The van der Waals surface area contributed by atoms with Crippen LogP contribution in [0.5, 0.6) is 0 Å². The fraction of sp³-hybridized carbons (Fsp3) is 0.200. The van der Waals surface area contributed by atoms with Crippen molar-refractivity contribution < 1.29 is 19.8 Å². The number of carboxylic acid groups (broad SMARTS) is 2. The zero-order chi connectivity index (χ0) is 11.6. The highest BCUT2D eigenvalue weighted by Crippen LogP contribution is 2.38. The van der Waals surface area contributed by atoms with E-state index in [-0.39, 0.29) is 5.57 Å². The summed E-state index contributed by atoms with van der Waals surface area (Å²) in [5.74, 6) is -1.97. The molecule has 1 aliphatic rings. The fourth-order valence-electron chi connectivity index (χ4n) is 1.43. The molecule has 0 saturated heterocycles. The van der Waals surface area contributed by atoms with Crippen LogP contribution in [-0.4, -0.2) is 38.4 Å². The minimum atomic E-state index is -1.04. The Morgan fingerprint density at radius 3 is 2.47 bits per heavy atom. The van der Waals surface area contributed by atoms with Gasteiger partial charge in [0, 0.05) is 0 Å². The average molecular weight is 222 g/mol. The zero-order valence-corrected chi connectivity index (χ0v) is 10.5. The van der Waals surface area contributed by atoms with Crippen LogP contribution in [0.15, 0.2) is 35.5 Å². The Morgan fingerprint density at radius 1 is 1.47 bits per heavy atom. The normalized spacial score (nSPS) is 27.5. The summed E-state index contributed by atoms with van der Waals surface area (Å²) in [7, 11) is 0. The molecule has 0 radical (unpaired) electrons. The molecular formula is C10H11AlO4. The molecule has 0 saturated carbocycles. The third-order valence-electron chi connectivity index (χ3n) is 2.51. The molecule has 1 aliphatic carbocycles. The van der Waals surface area contributed by atoms with Gasteiger partial charge in [0.2, 0.25) is 0 Å². The van der Waals surface area contributed by atoms with Crippen molar-refractivity contribution in [3.8, 4) is 0 Å². The fourth-order valence-corrected chi connectivity index (χ4v) is 2.03. The maximum atomic E-state index is 11.1. The number of carbonyl (C=O) groups is 2. The van der Waals surface area contributed by atoms with E-state index in [2.05, 4.69) is 0 Å². The number of carboxylic acids is 2. The minimum Gasteiger partial charge on any atom is -0.481 e. The van der Waals surface area contributed by atoms with Crippen molar-refractivity contribution in [2.45, 2.75) is 11.2 Å². The molecule has 1 atom stereocenters. The summed E-state index contributed by atoms with van der Waals surface area (Å²) in [4.78, 5) is 21.8. The van der Waals surface area contributed by atoms with Crippen molar-refractivity contribution in [1.29, 1.82) is 0 Å². The van der Waals surface area contributed by atoms with E-state index < -0.39 is 16.2 Å². The molecule has 1 rings (SSSR count). The molecule has 0 aromatic heterocycles. The van der Waals surface area contributed by atoms with Gasteiger partial charge in [-0.05, 0) is 18.6 Å². The van der Waals surface area contributed by atoms with Gasteiger partial charge in [0.1, 0.15) is 0 Å². The largest absolute Gasteiger partial charge is 0.481 e. The molecule has 0 aliphatic heterocycles. The summed E-state index contributed by atoms with van der Waals surface area (Å²) in [6.45, 7) is 1.71. The second kappa shape index (κ2) is 4.05. The van der Waals surface area contributed by atoms with Crippen molar-refractivity contribution in [2.75, 3.05) is 0 Å². The Balaban J connectivity index is 3.21. The van der Waals surface area contributed by atoms with E-state index in [0.717, 1.165) is 0 Å². The molecule has 4 nitrogen and oxygen atoms in total. The maximum absolute atomic E-state index is 11.1. The summed E-state index contributed by atoms with van der Waals surface area (Å²) < 4.78 is -0.992. The summed E-state index contributed by atoms with van der Waals surface area (Å²) in [5, 5.41) is 17.9. The number of aliphatic carboxylic acids is 2. The molecule has 0 amide bonds. The van der Waals surface area contributed by atoms with Crippen LogP contribution in [0, 0.1) is 0 Å². The lowest BCUT2D eigenvalue weighted by Gasteiger charge is -2.26. The van der Waals surface area contributed by atoms with Crippen LogP contribution in [0.2, 0.25) is 4.28 Å². The molecule has 2 N–H and O–H groups in total. The minimum absolute atomic E-state index is 0.121. The first-order valence-corrected chi connectivity index (χ1v) is 5.46. The number of hydrogen-bond acceptors (Lipinski definition) is 2. The van der Waals surface area contributed by atoms with Crippen LogP contribution in [0.3, 0.4) is 0 Å². The molecule has 0 bridgehead atoms. The molecule has 0 aromatic rings. The van der Waals surface area contributed by atoms with Gasteiger partial charge < -0.3 is 10.2 Å². The van der Waals surface area contributed by atoms with Crippen molar-refractivity contribution in [3.63, 3.8) is 0 Å². The van der Waals surface area contributed by atoms with Gasteiger partial charge in [-0.3, -0.25) is 4.79 Å². The topological polar surface area (TPSA) is 74.6 Å². The quantitative estimate of drug-likeness (QED) is 0.663. The van der Waals surface area contributed by atoms with Gasteiger partial charge in [-0.2, -0.15) is 0 Å². The third-order valence-corrected chi connectivity index (χ3v) is 3.85. The molecule has 0 heterocycles. The van der Waals surface area contributed by atoms with Gasteiger partial charge in [-0.15, -0.1) is 0 Å². The first-order valence-electron chi connectivity index (χ1n) is 4.46. The van der Waals surface area contributed by atoms with Crippen molar-refractivity contribution in [2.24, 2.45) is 0 Å². The third kappa shape index (κ3) is 2.04. The Morgan fingerprint density at radius 2 is 2.07 bits per heavy atom.